The molecular weight excluding hydrogens is 408 g/mol. The van der Waals surface area contributed by atoms with Crippen molar-refractivity contribution in [3.05, 3.63) is 64.7 Å². The lowest BCUT2D eigenvalue weighted by Gasteiger charge is -2.32. The standard InChI is InChI=1S/C25H36N2O3S/c1-9-22(27(31(8,29)30)23-16-17(2)10-11-18(23)3)24(28)26-19(4)20-12-14-21(15-13-20)25(5,6)7/h10-16,19,22H,9H2,1-8H3,(H,26,28)/t19-,22-/m1/s1. The van der Waals surface area contributed by atoms with Crippen LogP contribution in [0.1, 0.15) is 69.3 Å². The van der Waals surface area contributed by atoms with Gasteiger partial charge in [0, 0.05) is 0 Å². The summed E-state index contributed by atoms with van der Waals surface area (Å²) < 4.78 is 26.7. The van der Waals surface area contributed by atoms with Gasteiger partial charge in [-0.25, -0.2) is 8.42 Å². The number of amides is 1. The van der Waals surface area contributed by atoms with E-state index in [-0.39, 0.29) is 17.4 Å². The molecule has 2 aromatic rings. The number of nitrogens with zero attached hydrogens (tertiary/aromatic N) is 1. The zero-order valence-corrected chi connectivity index (χ0v) is 20.8. The van der Waals surface area contributed by atoms with Crippen LogP contribution in [-0.4, -0.2) is 26.6 Å². The monoisotopic (exact) mass is 444 g/mol. The van der Waals surface area contributed by atoms with Crippen molar-refractivity contribution >= 4 is 21.6 Å². The third-order valence-corrected chi connectivity index (χ3v) is 6.73. The van der Waals surface area contributed by atoms with Gasteiger partial charge in [-0.2, -0.15) is 0 Å². The Morgan fingerprint density at radius 3 is 2.13 bits per heavy atom. The molecule has 1 N–H and O–H groups in total. The average molecular weight is 445 g/mol. The van der Waals surface area contributed by atoms with Gasteiger partial charge in [0.2, 0.25) is 15.9 Å². The first-order chi connectivity index (χ1) is 14.3. The van der Waals surface area contributed by atoms with Crippen LogP contribution in [0.15, 0.2) is 42.5 Å². The van der Waals surface area contributed by atoms with Gasteiger partial charge in [-0.1, -0.05) is 64.1 Å². The second-order valence-electron chi connectivity index (χ2n) is 9.38. The minimum absolute atomic E-state index is 0.0555. The van der Waals surface area contributed by atoms with Crippen LogP contribution in [0.3, 0.4) is 0 Å². The summed E-state index contributed by atoms with van der Waals surface area (Å²) in [6, 6.07) is 12.8. The van der Waals surface area contributed by atoms with E-state index in [0.29, 0.717) is 12.1 Å². The second kappa shape index (κ2) is 9.43. The molecule has 0 aliphatic carbocycles. The maximum Gasteiger partial charge on any atom is 0.244 e. The van der Waals surface area contributed by atoms with E-state index in [4.69, 9.17) is 0 Å². The first-order valence-corrected chi connectivity index (χ1v) is 12.6. The molecule has 0 aliphatic rings. The van der Waals surface area contributed by atoms with E-state index in [2.05, 4.69) is 38.2 Å². The first-order valence-electron chi connectivity index (χ1n) is 10.7. The molecule has 2 rings (SSSR count). The number of hydrogen-bond acceptors (Lipinski definition) is 3. The number of benzene rings is 2. The van der Waals surface area contributed by atoms with Crippen molar-refractivity contribution in [2.75, 3.05) is 10.6 Å². The van der Waals surface area contributed by atoms with Crippen LogP contribution in [0.4, 0.5) is 5.69 Å². The molecule has 2 atom stereocenters. The fourth-order valence-corrected chi connectivity index (χ4v) is 4.92. The summed E-state index contributed by atoms with van der Waals surface area (Å²) in [6.07, 6.45) is 1.52. The summed E-state index contributed by atoms with van der Waals surface area (Å²) in [5, 5.41) is 3.02. The van der Waals surface area contributed by atoms with Crippen molar-refractivity contribution < 1.29 is 13.2 Å². The predicted molar refractivity (Wildman–Crippen MR) is 129 cm³/mol. The van der Waals surface area contributed by atoms with Crippen molar-refractivity contribution in [1.82, 2.24) is 5.32 Å². The Morgan fingerprint density at radius 1 is 1.06 bits per heavy atom. The van der Waals surface area contributed by atoms with E-state index in [1.807, 2.05) is 58.0 Å². The zero-order valence-electron chi connectivity index (χ0n) is 20.0. The first kappa shape index (κ1) is 24.9. The minimum atomic E-state index is -3.66. The quantitative estimate of drug-likeness (QED) is 0.652. The molecule has 170 valence electrons. The van der Waals surface area contributed by atoms with Gasteiger partial charge in [-0.15, -0.1) is 0 Å². The zero-order chi connectivity index (χ0) is 23.6. The number of carbonyl (C=O) groups is 1. The summed E-state index contributed by atoms with van der Waals surface area (Å²) in [7, 11) is -3.66. The maximum absolute atomic E-state index is 13.2. The molecule has 0 radical (unpaired) electrons. The molecule has 1 amide bonds. The highest BCUT2D eigenvalue weighted by Gasteiger charge is 2.33. The van der Waals surface area contributed by atoms with Crippen molar-refractivity contribution in [3.8, 4) is 0 Å². The van der Waals surface area contributed by atoms with Crippen molar-refractivity contribution in [2.24, 2.45) is 0 Å². The highest BCUT2D eigenvalue weighted by molar-refractivity contribution is 7.92. The third kappa shape index (κ3) is 6.10. The summed E-state index contributed by atoms with van der Waals surface area (Å²) in [5.41, 5.74) is 4.56. The minimum Gasteiger partial charge on any atom is -0.348 e. The normalized spacial score (nSPS) is 14.1. The van der Waals surface area contributed by atoms with Crippen LogP contribution in [0, 0.1) is 13.8 Å². The Kier molecular flexibility index (Phi) is 7.58. The van der Waals surface area contributed by atoms with Gasteiger partial charge in [0.15, 0.2) is 0 Å². The molecule has 0 heterocycles. The number of aryl methyl sites for hydroxylation is 2. The number of carbonyl (C=O) groups excluding carboxylic acids is 1. The lowest BCUT2D eigenvalue weighted by atomic mass is 9.86. The SMILES string of the molecule is CC[C@H](C(=O)N[C@H](C)c1ccc(C(C)(C)C)cc1)N(c1cc(C)ccc1C)S(C)(=O)=O. The van der Waals surface area contributed by atoms with Gasteiger partial charge in [0.25, 0.3) is 0 Å². The molecule has 0 saturated carbocycles. The van der Waals surface area contributed by atoms with Crippen LogP contribution in [0.5, 0.6) is 0 Å². The molecule has 0 unspecified atom stereocenters. The predicted octanol–water partition coefficient (Wildman–Crippen LogP) is 5.02. The summed E-state index contributed by atoms with van der Waals surface area (Å²) in [6.45, 7) is 14.0. The Bertz CT molecular complexity index is 1020. The topological polar surface area (TPSA) is 66.5 Å². The van der Waals surface area contributed by atoms with E-state index in [1.165, 1.54) is 9.87 Å². The number of nitrogens with one attached hydrogen (secondary N) is 1. The van der Waals surface area contributed by atoms with Gasteiger partial charge < -0.3 is 5.32 Å². The molecule has 0 bridgehead atoms. The van der Waals surface area contributed by atoms with E-state index in [9.17, 15) is 13.2 Å². The van der Waals surface area contributed by atoms with Crippen LogP contribution in [0.2, 0.25) is 0 Å². The lowest BCUT2D eigenvalue weighted by molar-refractivity contribution is -0.122. The van der Waals surface area contributed by atoms with Gasteiger partial charge in [0.05, 0.1) is 18.0 Å². The Hall–Kier alpha value is -2.34. The Balaban J connectivity index is 2.32. The van der Waals surface area contributed by atoms with E-state index in [1.54, 1.807) is 0 Å². The molecule has 6 heteroatoms. The number of sulfonamides is 1. The molecule has 0 fully saturated rings. The van der Waals surface area contributed by atoms with Gasteiger partial charge in [-0.05, 0) is 60.9 Å². The molecule has 31 heavy (non-hydrogen) atoms. The summed E-state index contributed by atoms with van der Waals surface area (Å²) in [5.74, 6) is -0.304. The van der Waals surface area contributed by atoms with E-state index in [0.717, 1.165) is 22.9 Å². The van der Waals surface area contributed by atoms with Crippen molar-refractivity contribution in [2.45, 2.75) is 72.4 Å². The Labute approximate surface area is 187 Å². The van der Waals surface area contributed by atoms with Crippen LogP contribution < -0.4 is 9.62 Å². The lowest BCUT2D eigenvalue weighted by Crippen LogP contribution is -2.50. The smallest absolute Gasteiger partial charge is 0.244 e. The van der Waals surface area contributed by atoms with Crippen LogP contribution in [0.25, 0.3) is 0 Å². The van der Waals surface area contributed by atoms with Crippen LogP contribution >= 0.6 is 0 Å². The average Bonchev–Trinajstić information content (AvgIpc) is 2.66. The fraction of sp³-hybridized carbons (Fsp3) is 0.480. The van der Waals surface area contributed by atoms with Gasteiger partial charge in [-0.3, -0.25) is 9.10 Å². The van der Waals surface area contributed by atoms with Crippen LogP contribution in [-0.2, 0) is 20.2 Å². The summed E-state index contributed by atoms with van der Waals surface area (Å²) >= 11 is 0. The molecule has 0 aromatic heterocycles. The number of hydrogen-bond donors (Lipinski definition) is 1. The van der Waals surface area contributed by atoms with Gasteiger partial charge in [0.1, 0.15) is 6.04 Å². The Morgan fingerprint density at radius 2 is 1.65 bits per heavy atom. The van der Waals surface area contributed by atoms with E-state index < -0.39 is 16.1 Å². The second-order valence-corrected chi connectivity index (χ2v) is 11.2. The number of anilines is 1. The highest BCUT2D eigenvalue weighted by atomic mass is 32.2. The largest absolute Gasteiger partial charge is 0.348 e. The third-order valence-electron chi connectivity index (χ3n) is 5.57. The molecule has 0 aliphatic heterocycles. The highest BCUT2D eigenvalue weighted by Crippen LogP contribution is 2.28. The van der Waals surface area contributed by atoms with Crippen molar-refractivity contribution in [1.29, 1.82) is 0 Å². The molecule has 0 spiro atoms. The van der Waals surface area contributed by atoms with Gasteiger partial charge >= 0.3 is 0 Å². The maximum atomic E-state index is 13.2. The summed E-state index contributed by atoms with van der Waals surface area (Å²) in [4.78, 5) is 13.2. The number of rotatable bonds is 7. The molecule has 0 saturated heterocycles. The van der Waals surface area contributed by atoms with Crippen molar-refractivity contribution in [3.63, 3.8) is 0 Å². The molecular formula is C25H36N2O3S. The molecule has 2 aromatic carbocycles. The fourth-order valence-electron chi connectivity index (χ4n) is 3.66. The van der Waals surface area contributed by atoms with E-state index >= 15 is 0 Å². The molecule has 5 nitrogen and oxygen atoms in total.